The molecule has 1 aromatic rings. The van der Waals surface area contributed by atoms with E-state index in [0.717, 1.165) is 32.1 Å². The van der Waals surface area contributed by atoms with Gasteiger partial charge in [-0.25, -0.2) is 23.1 Å². The van der Waals surface area contributed by atoms with Gasteiger partial charge in [0.15, 0.2) is 0 Å². The number of rotatable bonds is 7. The summed E-state index contributed by atoms with van der Waals surface area (Å²) in [4.78, 5) is 8.08. The Labute approximate surface area is 126 Å². The fourth-order valence-corrected chi connectivity index (χ4v) is 3.97. The van der Waals surface area contributed by atoms with Crippen LogP contribution in [0.4, 0.5) is 0 Å². The second-order valence-electron chi connectivity index (χ2n) is 5.41. The van der Waals surface area contributed by atoms with Gasteiger partial charge in [0.1, 0.15) is 6.10 Å². The van der Waals surface area contributed by atoms with Crippen LogP contribution in [-0.2, 0) is 10.0 Å². The van der Waals surface area contributed by atoms with E-state index in [4.69, 9.17) is 4.74 Å². The van der Waals surface area contributed by atoms with Gasteiger partial charge in [0.05, 0.1) is 5.75 Å². The molecule has 0 bridgehead atoms. The summed E-state index contributed by atoms with van der Waals surface area (Å²) in [6.45, 7) is 1.99. The van der Waals surface area contributed by atoms with E-state index in [1.165, 1.54) is 0 Å². The second-order valence-corrected chi connectivity index (χ2v) is 7.29. The van der Waals surface area contributed by atoms with Crippen LogP contribution in [0.1, 0.15) is 45.4 Å². The summed E-state index contributed by atoms with van der Waals surface area (Å²) in [5.41, 5.74) is 0. The molecule has 0 aliphatic heterocycles. The lowest BCUT2D eigenvalue weighted by atomic mass is 9.94. The number of nitrogens with one attached hydrogen (secondary N) is 1. The van der Waals surface area contributed by atoms with Crippen molar-refractivity contribution in [1.29, 1.82) is 0 Å². The van der Waals surface area contributed by atoms with Gasteiger partial charge in [-0.3, -0.25) is 0 Å². The first kappa shape index (κ1) is 16.2. The summed E-state index contributed by atoms with van der Waals surface area (Å²) in [6.07, 6.45) is 8.19. The molecule has 2 rings (SSSR count). The lowest BCUT2D eigenvalue weighted by molar-refractivity contribution is 0.132. The summed E-state index contributed by atoms with van der Waals surface area (Å²) in [6, 6.07) is 2.17. The zero-order chi connectivity index (χ0) is 15.1. The molecule has 0 amide bonds. The maximum absolute atomic E-state index is 11.9. The Morgan fingerprint density at radius 2 is 1.90 bits per heavy atom. The van der Waals surface area contributed by atoms with Gasteiger partial charge in [-0.05, 0) is 38.2 Å². The van der Waals surface area contributed by atoms with Gasteiger partial charge in [-0.15, -0.1) is 0 Å². The van der Waals surface area contributed by atoms with Crippen LogP contribution < -0.4 is 9.46 Å². The molecule has 1 aliphatic rings. The van der Waals surface area contributed by atoms with E-state index in [9.17, 15) is 8.42 Å². The maximum atomic E-state index is 11.9. The van der Waals surface area contributed by atoms with Crippen molar-refractivity contribution in [3.63, 3.8) is 0 Å². The first-order chi connectivity index (χ1) is 10.1. The van der Waals surface area contributed by atoms with Crippen molar-refractivity contribution in [3.05, 3.63) is 18.5 Å². The zero-order valence-electron chi connectivity index (χ0n) is 12.4. The molecule has 1 heterocycles. The Bertz CT molecular complexity index is 514. The quantitative estimate of drug-likeness (QED) is 0.831. The Balaban J connectivity index is 1.75. The van der Waals surface area contributed by atoms with Crippen molar-refractivity contribution in [1.82, 2.24) is 14.7 Å². The molecular weight excluding hydrogens is 290 g/mol. The predicted molar refractivity (Wildman–Crippen MR) is 80.5 cm³/mol. The van der Waals surface area contributed by atoms with Gasteiger partial charge in [-0.1, -0.05) is 13.3 Å². The maximum Gasteiger partial charge on any atom is 0.316 e. The molecule has 1 N–H and O–H groups in total. The van der Waals surface area contributed by atoms with Crippen molar-refractivity contribution >= 4 is 10.0 Å². The third-order valence-corrected chi connectivity index (χ3v) is 5.12. The summed E-state index contributed by atoms with van der Waals surface area (Å²) in [5.74, 6) is 0.220. The molecule has 0 radical (unpaired) electrons. The van der Waals surface area contributed by atoms with Crippen molar-refractivity contribution in [2.75, 3.05) is 5.75 Å². The van der Waals surface area contributed by atoms with E-state index in [2.05, 4.69) is 14.7 Å². The van der Waals surface area contributed by atoms with Crippen LogP contribution in [0.3, 0.4) is 0 Å². The lowest BCUT2D eigenvalue weighted by Gasteiger charge is -2.28. The van der Waals surface area contributed by atoms with Crippen molar-refractivity contribution in [2.24, 2.45) is 0 Å². The predicted octanol–water partition coefficient (Wildman–Crippen LogP) is 1.89. The summed E-state index contributed by atoms with van der Waals surface area (Å²) in [5, 5.41) is 0. The minimum atomic E-state index is -3.14. The van der Waals surface area contributed by atoms with E-state index in [1.807, 2.05) is 6.92 Å². The standard InChI is InChI=1S/C14H23N3O3S/c1-2-3-11-21(18,19)17-12-5-7-13(8-6-12)20-14-15-9-4-10-16-14/h4,9-10,12-13,17H,2-3,5-8,11H2,1H3. The van der Waals surface area contributed by atoms with Crippen LogP contribution in [0.2, 0.25) is 0 Å². The minimum absolute atomic E-state index is 0.0309. The first-order valence-corrected chi connectivity index (χ1v) is 9.18. The van der Waals surface area contributed by atoms with Crippen molar-refractivity contribution in [2.45, 2.75) is 57.6 Å². The molecule has 1 fully saturated rings. The van der Waals surface area contributed by atoms with Gasteiger partial charge >= 0.3 is 6.01 Å². The molecule has 118 valence electrons. The number of hydrogen-bond donors (Lipinski definition) is 1. The molecule has 0 unspecified atom stereocenters. The zero-order valence-corrected chi connectivity index (χ0v) is 13.2. The number of aromatic nitrogens is 2. The molecule has 1 aliphatic carbocycles. The van der Waals surface area contributed by atoms with Crippen LogP contribution in [0, 0.1) is 0 Å². The number of sulfonamides is 1. The van der Waals surface area contributed by atoms with Crippen molar-refractivity contribution < 1.29 is 13.2 Å². The molecule has 6 nitrogen and oxygen atoms in total. The van der Waals surface area contributed by atoms with Gasteiger partial charge < -0.3 is 4.74 Å². The third-order valence-electron chi connectivity index (χ3n) is 3.60. The number of nitrogens with zero attached hydrogens (tertiary/aromatic N) is 2. The van der Waals surface area contributed by atoms with Crippen LogP contribution in [0.25, 0.3) is 0 Å². The van der Waals surface area contributed by atoms with Gasteiger partial charge in [0.2, 0.25) is 10.0 Å². The van der Waals surface area contributed by atoms with E-state index >= 15 is 0 Å². The lowest BCUT2D eigenvalue weighted by Crippen LogP contribution is -2.40. The first-order valence-electron chi connectivity index (χ1n) is 7.53. The fraction of sp³-hybridized carbons (Fsp3) is 0.714. The third kappa shape index (κ3) is 5.59. The van der Waals surface area contributed by atoms with Crippen molar-refractivity contribution in [3.8, 4) is 6.01 Å². The molecule has 0 aromatic carbocycles. The molecule has 7 heteroatoms. The van der Waals surface area contributed by atoms with Gasteiger partial charge in [0, 0.05) is 18.4 Å². The highest BCUT2D eigenvalue weighted by Gasteiger charge is 2.25. The van der Waals surface area contributed by atoms with Crippen LogP contribution in [-0.4, -0.2) is 36.3 Å². The van der Waals surface area contributed by atoms with Crippen LogP contribution >= 0.6 is 0 Å². The summed E-state index contributed by atoms with van der Waals surface area (Å²) >= 11 is 0. The van der Waals surface area contributed by atoms with Gasteiger partial charge in [0.25, 0.3) is 0 Å². The topological polar surface area (TPSA) is 81.2 Å². The Hall–Kier alpha value is -1.21. The molecular formula is C14H23N3O3S. The highest BCUT2D eigenvalue weighted by atomic mass is 32.2. The number of ether oxygens (including phenoxy) is 1. The van der Waals surface area contributed by atoms with E-state index < -0.39 is 10.0 Å². The van der Waals surface area contributed by atoms with Crippen LogP contribution in [0.15, 0.2) is 18.5 Å². The average Bonchev–Trinajstić information content (AvgIpc) is 2.48. The fourth-order valence-electron chi connectivity index (χ4n) is 2.44. The van der Waals surface area contributed by atoms with Gasteiger partial charge in [-0.2, -0.15) is 0 Å². The smallest absolute Gasteiger partial charge is 0.316 e. The molecule has 1 saturated carbocycles. The van der Waals surface area contributed by atoms with E-state index in [0.29, 0.717) is 12.4 Å². The second kappa shape index (κ2) is 7.70. The Kier molecular flexibility index (Phi) is 5.93. The normalized spacial score (nSPS) is 22.9. The molecule has 1 aromatic heterocycles. The SMILES string of the molecule is CCCCS(=O)(=O)NC1CCC(Oc2ncccn2)CC1. The van der Waals surface area contributed by atoms with E-state index in [-0.39, 0.29) is 17.9 Å². The molecule has 0 saturated heterocycles. The summed E-state index contributed by atoms with van der Waals surface area (Å²) in [7, 11) is -3.14. The number of unbranched alkanes of at least 4 members (excludes halogenated alkanes) is 1. The van der Waals surface area contributed by atoms with E-state index in [1.54, 1.807) is 18.5 Å². The number of hydrogen-bond acceptors (Lipinski definition) is 5. The van der Waals surface area contributed by atoms with Crippen LogP contribution in [0.5, 0.6) is 6.01 Å². The molecule has 21 heavy (non-hydrogen) atoms. The minimum Gasteiger partial charge on any atom is -0.460 e. The molecule has 0 spiro atoms. The summed E-state index contributed by atoms with van der Waals surface area (Å²) < 4.78 is 32.2. The highest BCUT2D eigenvalue weighted by Crippen LogP contribution is 2.22. The molecule has 0 atom stereocenters. The Morgan fingerprint density at radius 1 is 1.24 bits per heavy atom. The Morgan fingerprint density at radius 3 is 2.52 bits per heavy atom. The monoisotopic (exact) mass is 313 g/mol. The average molecular weight is 313 g/mol. The largest absolute Gasteiger partial charge is 0.460 e. The highest BCUT2D eigenvalue weighted by molar-refractivity contribution is 7.89.